The summed E-state index contributed by atoms with van der Waals surface area (Å²) in [5.74, 6) is 3.70. The number of fused-ring (bicyclic) bond motifs is 5. The van der Waals surface area contributed by atoms with Crippen LogP contribution in [0.1, 0.15) is 33.1 Å². The van der Waals surface area contributed by atoms with E-state index in [4.69, 9.17) is 4.74 Å². The van der Waals surface area contributed by atoms with Crippen LogP contribution in [0.5, 0.6) is 0 Å². The van der Waals surface area contributed by atoms with Gasteiger partial charge >= 0.3 is 0 Å². The summed E-state index contributed by atoms with van der Waals surface area (Å²) in [6.07, 6.45) is 3.86. The van der Waals surface area contributed by atoms with Gasteiger partial charge in [-0.3, -0.25) is 4.79 Å². The lowest BCUT2D eigenvalue weighted by atomic mass is 9.99. The monoisotopic (exact) mass is 279 g/mol. The molecule has 2 bridgehead atoms. The van der Waals surface area contributed by atoms with Gasteiger partial charge < -0.3 is 14.7 Å². The highest BCUT2D eigenvalue weighted by molar-refractivity contribution is 5.83. The van der Waals surface area contributed by atoms with Gasteiger partial charge in [0.15, 0.2) is 0 Å². The summed E-state index contributed by atoms with van der Waals surface area (Å²) in [5, 5.41) is 9.37. The maximum absolute atomic E-state index is 12.8. The first kappa shape index (κ1) is 13.1. The number of hydrogen-bond donors (Lipinski definition) is 1. The average molecular weight is 279 g/mol. The van der Waals surface area contributed by atoms with E-state index in [-0.39, 0.29) is 18.3 Å². The third kappa shape index (κ3) is 1.84. The minimum Gasteiger partial charge on any atom is -0.394 e. The molecule has 0 radical (unpaired) electrons. The Morgan fingerprint density at radius 2 is 1.95 bits per heavy atom. The molecule has 4 heteroatoms. The number of morpholine rings is 1. The number of ether oxygens (including phenoxy) is 1. The molecule has 1 saturated heterocycles. The second-order valence-electron chi connectivity index (χ2n) is 7.91. The number of carbonyl (C=O) groups is 1. The van der Waals surface area contributed by atoms with Crippen molar-refractivity contribution in [3.63, 3.8) is 0 Å². The molecule has 4 rings (SSSR count). The first-order chi connectivity index (χ1) is 9.50. The van der Waals surface area contributed by atoms with Gasteiger partial charge in [0.2, 0.25) is 5.91 Å². The van der Waals surface area contributed by atoms with Crippen LogP contribution in [-0.4, -0.2) is 47.3 Å². The Bertz CT molecular complexity index is 419. The van der Waals surface area contributed by atoms with Crippen LogP contribution in [0.15, 0.2) is 0 Å². The van der Waals surface area contributed by atoms with E-state index >= 15 is 0 Å². The Balaban J connectivity index is 1.47. The largest absolute Gasteiger partial charge is 0.394 e. The van der Waals surface area contributed by atoms with Crippen molar-refractivity contribution in [3.05, 3.63) is 0 Å². The number of carbonyl (C=O) groups excluding carboxylic acids is 1. The maximum Gasteiger partial charge on any atom is 0.226 e. The van der Waals surface area contributed by atoms with Crippen LogP contribution in [0, 0.1) is 29.6 Å². The van der Waals surface area contributed by atoms with Gasteiger partial charge in [-0.05, 0) is 56.8 Å². The molecule has 3 saturated carbocycles. The van der Waals surface area contributed by atoms with Gasteiger partial charge in [-0.15, -0.1) is 0 Å². The molecule has 20 heavy (non-hydrogen) atoms. The van der Waals surface area contributed by atoms with Gasteiger partial charge in [-0.25, -0.2) is 0 Å². The van der Waals surface area contributed by atoms with E-state index in [1.54, 1.807) is 0 Å². The SMILES string of the molecule is CC1(C)CN(C(=O)C2C3C4CCC(C4)C23)CC(CO)O1. The Morgan fingerprint density at radius 1 is 1.30 bits per heavy atom. The normalized spacial score (nSPS) is 48.2. The van der Waals surface area contributed by atoms with E-state index in [1.165, 1.54) is 19.3 Å². The lowest BCUT2D eigenvalue weighted by molar-refractivity contribution is -0.168. The Labute approximate surface area is 120 Å². The minimum absolute atomic E-state index is 0.00398. The fourth-order valence-electron chi connectivity index (χ4n) is 5.42. The van der Waals surface area contributed by atoms with E-state index < -0.39 is 0 Å². The topological polar surface area (TPSA) is 49.8 Å². The van der Waals surface area contributed by atoms with E-state index in [9.17, 15) is 9.90 Å². The summed E-state index contributed by atoms with van der Waals surface area (Å²) in [4.78, 5) is 14.8. The lowest BCUT2D eigenvalue weighted by Gasteiger charge is -2.42. The Morgan fingerprint density at radius 3 is 2.55 bits per heavy atom. The molecule has 4 aliphatic rings. The van der Waals surface area contributed by atoms with Gasteiger partial charge in [0, 0.05) is 19.0 Å². The highest BCUT2D eigenvalue weighted by atomic mass is 16.5. The van der Waals surface area contributed by atoms with Crippen LogP contribution in [-0.2, 0) is 9.53 Å². The number of aliphatic hydroxyl groups excluding tert-OH is 1. The van der Waals surface area contributed by atoms with Crippen LogP contribution in [0.25, 0.3) is 0 Å². The second kappa shape index (κ2) is 4.20. The molecule has 5 atom stereocenters. The molecule has 0 spiro atoms. The predicted molar refractivity (Wildman–Crippen MR) is 73.9 cm³/mol. The van der Waals surface area contributed by atoms with E-state index in [2.05, 4.69) is 0 Å². The minimum atomic E-state index is -0.343. The van der Waals surface area contributed by atoms with Gasteiger partial charge in [0.05, 0.1) is 18.3 Å². The molecule has 1 aliphatic heterocycles. The van der Waals surface area contributed by atoms with Gasteiger partial charge in [0.25, 0.3) is 0 Å². The van der Waals surface area contributed by atoms with E-state index in [0.29, 0.717) is 36.8 Å². The third-order valence-corrected chi connectivity index (χ3v) is 6.02. The zero-order chi connectivity index (χ0) is 14.1. The van der Waals surface area contributed by atoms with E-state index in [0.717, 1.165) is 11.8 Å². The van der Waals surface area contributed by atoms with Gasteiger partial charge in [0.1, 0.15) is 0 Å². The molecule has 5 unspecified atom stereocenters. The molecule has 0 aromatic heterocycles. The lowest BCUT2D eigenvalue weighted by Crippen LogP contribution is -2.56. The average Bonchev–Trinajstić information content (AvgIpc) is 2.83. The molecule has 0 aromatic carbocycles. The van der Waals surface area contributed by atoms with Crippen LogP contribution in [0.2, 0.25) is 0 Å². The molecule has 1 heterocycles. The van der Waals surface area contributed by atoms with Crippen molar-refractivity contribution in [1.29, 1.82) is 0 Å². The molecule has 1 amide bonds. The van der Waals surface area contributed by atoms with Crippen molar-refractivity contribution in [2.45, 2.75) is 44.8 Å². The fraction of sp³-hybridized carbons (Fsp3) is 0.938. The number of amides is 1. The first-order valence-electron chi connectivity index (χ1n) is 8.07. The summed E-state index contributed by atoms with van der Waals surface area (Å²) in [6.45, 7) is 5.23. The Hall–Kier alpha value is -0.610. The summed E-state index contributed by atoms with van der Waals surface area (Å²) in [5.41, 5.74) is -0.343. The van der Waals surface area contributed by atoms with Crippen molar-refractivity contribution in [3.8, 4) is 0 Å². The zero-order valence-corrected chi connectivity index (χ0v) is 12.4. The first-order valence-corrected chi connectivity index (χ1v) is 8.07. The highest BCUT2D eigenvalue weighted by Gasteiger charge is 2.68. The van der Waals surface area contributed by atoms with Crippen LogP contribution >= 0.6 is 0 Å². The quantitative estimate of drug-likeness (QED) is 0.828. The van der Waals surface area contributed by atoms with Crippen molar-refractivity contribution in [2.24, 2.45) is 29.6 Å². The third-order valence-electron chi connectivity index (χ3n) is 6.02. The molecule has 4 nitrogen and oxygen atoms in total. The Kier molecular flexibility index (Phi) is 2.75. The number of nitrogens with zero attached hydrogens (tertiary/aromatic N) is 1. The van der Waals surface area contributed by atoms with Crippen molar-refractivity contribution in [2.75, 3.05) is 19.7 Å². The summed E-state index contributed by atoms with van der Waals surface area (Å²) < 4.78 is 5.81. The van der Waals surface area contributed by atoms with Crippen LogP contribution in [0.4, 0.5) is 0 Å². The van der Waals surface area contributed by atoms with Gasteiger partial charge in [-0.1, -0.05) is 0 Å². The number of hydrogen-bond acceptors (Lipinski definition) is 3. The molecule has 1 N–H and O–H groups in total. The number of rotatable bonds is 2. The van der Waals surface area contributed by atoms with Crippen LogP contribution < -0.4 is 0 Å². The fourth-order valence-corrected chi connectivity index (χ4v) is 5.42. The summed E-state index contributed by atoms with van der Waals surface area (Å²) >= 11 is 0. The summed E-state index contributed by atoms with van der Waals surface area (Å²) in [6, 6.07) is 0. The van der Waals surface area contributed by atoms with Crippen molar-refractivity contribution in [1.82, 2.24) is 4.90 Å². The van der Waals surface area contributed by atoms with Crippen molar-refractivity contribution >= 4 is 5.91 Å². The standard InChI is InChI=1S/C16H25NO3/c1-16(2)8-17(6-11(7-18)20-16)15(19)14-12-9-3-4-10(5-9)13(12)14/h9-14,18H,3-8H2,1-2H3. The van der Waals surface area contributed by atoms with Gasteiger partial charge in [-0.2, -0.15) is 0 Å². The molecular weight excluding hydrogens is 254 g/mol. The van der Waals surface area contributed by atoms with Crippen molar-refractivity contribution < 1.29 is 14.6 Å². The molecule has 4 fully saturated rings. The second-order valence-corrected chi connectivity index (χ2v) is 7.91. The van der Waals surface area contributed by atoms with Crippen LogP contribution in [0.3, 0.4) is 0 Å². The molecule has 0 aromatic rings. The molecule has 3 aliphatic carbocycles. The highest BCUT2D eigenvalue weighted by Crippen LogP contribution is 2.69. The molecule has 112 valence electrons. The zero-order valence-electron chi connectivity index (χ0n) is 12.4. The van der Waals surface area contributed by atoms with E-state index in [1.807, 2.05) is 18.7 Å². The predicted octanol–water partition coefficient (Wildman–Crippen LogP) is 1.28. The maximum atomic E-state index is 12.8. The number of aliphatic hydroxyl groups is 1. The summed E-state index contributed by atoms with van der Waals surface area (Å²) in [7, 11) is 0. The smallest absolute Gasteiger partial charge is 0.226 e. The molecular formula is C16H25NO3.